The largest absolute Gasteiger partial charge is 0.338 e. The molecule has 3 rings (SSSR count). The molecule has 1 fully saturated rings. The van der Waals surface area contributed by atoms with E-state index in [9.17, 15) is 9.59 Å². The van der Waals surface area contributed by atoms with Crippen LogP contribution in [0, 0.1) is 5.92 Å². The van der Waals surface area contributed by atoms with Crippen LogP contribution in [0.5, 0.6) is 0 Å². The first-order valence-corrected chi connectivity index (χ1v) is 10.0. The summed E-state index contributed by atoms with van der Waals surface area (Å²) in [4.78, 5) is 30.9. The number of aromatic nitrogens is 1. The predicted molar refractivity (Wildman–Crippen MR) is 104 cm³/mol. The van der Waals surface area contributed by atoms with Gasteiger partial charge in [0.1, 0.15) is 5.01 Å². The van der Waals surface area contributed by atoms with E-state index in [-0.39, 0.29) is 18.5 Å². The van der Waals surface area contributed by atoms with Gasteiger partial charge in [-0.05, 0) is 43.9 Å². The third kappa shape index (κ3) is 4.80. The zero-order valence-corrected chi connectivity index (χ0v) is 16.1. The van der Waals surface area contributed by atoms with Crippen LogP contribution in [0.25, 0.3) is 10.2 Å². The third-order valence-corrected chi connectivity index (χ3v) is 5.70. The molecule has 1 aliphatic heterocycles. The van der Waals surface area contributed by atoms with Gasteiger partial charge in [0.05, 0.1) is 22.8 Å². The Morgan fingerprint density at radius 1 is 1.35 bits per heavy atom. The number of nitrogens with one attached hydrogen (secondary N) is 2. The van der Waals surface area contributed by atoms with Gasteiger partial charge in [0.2, 0.25) is 5.91 Å². The van der Waals surface area contributed by atoms with E-state index in [2.05, 4.69) is 35.4 Å². The Kier molecular flexibility index (Phi) is 6.21. The molecule has 7 heteroatoms. The Hall–Kier alpha value is -1.99. The highest BCUT2D eigenvalue weighted by Crippen LogP contribution is 2.36. The number of imide groups is 1. The fourth-order valence-electron chi connectivity index (χ4n) is 3.20. The first kappa shape index (κ1) is 18.8. The molecule has 3 amide bonds. The van der Waals surface area contributed by atoms with Crippen LogP contribution in [0.1, 0.15) is 44.2 Å². The summed E-state index contributed by atoms with van der Waals surface area (Å²) in [5, 5.41) is 6.22. The number of rotatable bonds is 6. The van der Waals surface area contributed by atoms with Gasteiger partial charge in [-0.3, -0.25) is 15.0 Å². The van der Waals surface area contributed by atoms with Gasteiger partial charge >= 0.3 is 6.03 Å². The minimum atomic E-state index is -0.411. The Balaban J connectivity index is 1.55. The van der Waals surface area contributed by atoms with E-state index in [1.165, 1.54) is 4.70 Å². The highest BCUT2D eigenvalue weighted by molar-refractivity contribution is 7.18. The summed E-state index contributed by atoms with van der Waals surface area (Å²) < 4.78 is 1.17. The third-order valence-electron chi connectivity index (χ3n) is 4.57. The molecule has 0 saturated carbocycles. The lowest BCUT2D eigenvalue weighted by molar-refractivity contribution is -0.121. The van der Waals surface area contributed by atoms with Crippen molar-refractivity contribution in [3.8, 4) is 0 Å². The lowest BCUT2D eigenvalue weighted by atomic mass is 10.1. The van der Waals surface area contributed by atoms with Gasteiger partial charge in [0.15, 0.2) is 0 Å². The average molecular weight is 375 g/mol. The molecule has 0 bridgehead atoms. The predicted octanol–water partition coefficient (Wildman–Crippen LogP) is 3.31. The van der Waals surface area contributed by atoms with Crippen LogP contribution >= 0.6 is 11.3 Å². The van der Waals surface area contributed by atoms with Crippen molar-refractivity contribution >= 4 is 33.5 Å². The number of urea groups is 1. The van der Waals surface area contributed by atoms with E-state index in [1.807, 2.05) is 18.2 Å². The minimum absolute atomic E-state index is 0.155. The summed E-state index contributed by atoms with van der Waals surface area (Å²) >= 11 is 1.69. The molecule has 1 saturated heterocycles. The number of likely N-dealkylation sites (tertiary alicyclic amines) is 1. The lowest BCUT2D eigenvalue weighted by Crippen LogP contribution is -2.44. The number of benzene rings is 1. The molecule has 2 N–H and O–H groups in total. The maximum atomic E-state index is 12.2. The molecule has 2 heterocycles. The average Bonchev–Trinajstić information content (AvgIpc) is 3.20. The van der Waals surface area contributed by atoms with E-state index in [1.54, 1.807) is 11.3 Å². The van der Waals surface area contributed by atoms with Crippen molar-refractivity contribution in [1.82, 2.24) is 20.5 Å². The molecular weight excluding hydrogens is 348 g/mol. The van der Waals surface area contributed by atoms with Gasteiger partial charge in [-0.15, -0.1) is 11.3 Å². The Morgan fingerprint density at radius 2 is 2.15 bits per heavy atom. The molecular formula is C19H26N4O2S. The zero-order chi connectivity index (χ0) is 18.5. The Morgan fingerprint density at radius 3 is 2.92 bits per heavy atom. The summed E-state index contributed by atoms with van der Waals surface area (Å²) in [5.74, 6) is 0.255. The number of nitrogens with zero attached hydrogens (tertiary/aromatic N) is 2. The number of hydrogen-bond acceptors (Lipinski definition) is 5. The molecule has 0 unspecified atom stereocenters. The molecule has 1 aromatic heterocycles. The first-order chi connectivity index (χ1) is 12.5. The highest BCUT2D eigenvalue weighted by atomic mass is 32.1. The number of fused-ring (bicyclic) bond motifs is 1. The molecule has 140 valence electrons. The van der Waals surface area contributed by atoms with Crippen LogP contribution in [-0.4, -0.2) is 41.5 Å². The van der Waals surface area contributed by atoms with Crippen molar-refractivity contribution in [2.75, 3.05) is 19.6 Å². The van der Waals surface area contributed by atoms with Crippen molar-refractivity contribution in [3.63, 3.8) is 0 Å². The first-order valence-electron chi connectivity index (χ1n) is 9.20. The Bertz CT molecular complexity index is 741. The van der Waals surface area contributed by atoms with E-state index >= 15 is 0 Å². The van der Waals surface area contributed by atoms with E-state index in [0.29, 0.717) is 12.5 Å². The number of para-hydroxylation sites is 1. The second kappa shape index (κ2) is 8.60. The number of hydrogen-bond donors (Lipinski definition) is 2. The molecule has 0 radical (unpaired) electrons. The summed E-state index contributed by atoms with van der Waals surface area (Å²) in [6.07, 6.45) is 2.93. The van der Waals surface area contributed by atoms with E-state index in [0.717, 1.165) is 36.3 Å². The van der Waals surface area contributed by atoms with Crippen molar-refractivity contribution in [1.29, 1.82) is 0 Å². The molecule has 2 aromatic rings. The maximum absolute atomic E-state index is 12.2. The van der Waals surface area contributed by atoms with E-state index < -0.39 is 6.03 Å². The van der Waals surface area contributed by atoms with Gasteiger partial charge < -0.3 is 5.32 Å². The van der Waals surface area contributed by atoms with E-state index in [4.69, 9.17) is 4.98 Å². The Labute approximate surface area is 158 Å². The molecule has 1 atom stereocenters. The van der Waals surface area contributed by atoms with Gasteiger partial charge in [0.25, 0.3) is 0 Å². The maximum Gasteiger partial charge on any atom is 0.321 e. The fourth-order valence-corrected chi connectivity index (χ4v) is 4.33. The van der Waals surface area contributed by atoms with Crippen LogP contribution in [0.4, 0.5) is 4.79 Å². The normalized spacial score (nSPS) is 17.7. The van der Waals surface area contributed by atoms with Crippen molar-refractivity contribution in [2.24, 2.45) is 5.92 Å². The van der Waals surface area contributed by atoms with Crippen LogP contribution < -0.4 is 10.6 Å². The second-order valence-electron chi connectivity index (χ2n) is 7.13. The summed E-state index contributed by atoms with van der Waals surface area (Å²) in [6, 6.07) is 7.84. The second-order valence-corrected chi connectivity index (χ2v) is 8.20. The standard InChI is InChI=1S/C19H26N4O2S/c1-13(2)9-10-20-19(25)22-17(24)12-23-11-5-7-15(23)18-21-14-6-3-4-8-16(14)26-18/h3-4,6,8,13,15H,5,7,9-12H2,1-2H3,(H2,20,22,24,25)/t15-/m1/s1. The van der Waals surface area contributed by atoms with Crippen molar-refractivity contribution in [2.45, 2.75) is 39.2 Å². The van der Waals surface area contributed by atoms with Crippen LogP contribution in [0.3, 0.4) is 0 Å². The SMILES string of the molecule is CC(C)CCNC(=O)NC(=O)CN1CCC[C@@H]1c1nc2ccccc2s1. The highest BCUT2D eigenvalue weighted by Gasteiger charge is 2.30. The number of thiazole rings is 1. The quantitative estimate of drug-likeness (QED) is 0.813. The molecule has 1 aromatic carbocycles. The lowest BCUT2D eigenvalue weighted by Gasteiger charge is -2.21. The topological polar surface area (TPSA) is 74.3 Å². The summed E-state index contributed by atoms with van der Waals surface area (Å²) in [5.41, 5.74) is 1.01. The zero-order valence-electron chi connectivity index (χ0n) is 15.3. The van der Waals surface area contributed by atoms with Gasteiger partial charge in [-0.1, -0.05) is 26.0 Å². The smallest absolute Gasteiger partial charge is 0.321 e. The number of amides is 3. The van der Waals surface area contributed by atoms with Crippen LogP contribution in [-0.2, 0) is 4.79 Å². The summed E-state index contributed by atoms with van der Waals surface area (Å²) in [7, 11) is 0. The molecule has 0 spiro atoms. The van der Waals surface area contributed by atoms with Crippen LogP contribution in [0.15, 0.2) is 24.3 Å². The van der Waals surface area contributed by atoms with Gasteiger partial charge in [0, 0.05) is 6.54 Å². The van der Waals surface area contributed by atoms with Gasteiger partial charge in [-0.25, -0.2) is 9.78 Å². The molecule has 0 aliphatic carbocycles. The monoisotopic (exact) mass is 374 g/mol. The number of carbonyl (C=O) groups excluding carboxylic acids is 2. The minimum Gasteiger partial charge on any atom is -0.338 e. The number of carbonyl (C=O) groups is 2. The van der Waals surface area contributed by atoms with Crippen molar-refractivity contribution in [3.05, 3.63) is 29.3 Å². The molecule has 6 nitrogen and oxygen atoms in total. The fraction of sp³-hybridized carbons (Fsp3) is 0.526. The van der Waals surface area contributed by atoms with Crippen LogP contribution in [0.2, 0.25) is 0 Å². The molecule has 26 heavy (non-hydrogen) atoms. The molecule has 1 aliphatic rings. The summed E-state index contributed by atoms with van der Waals surface area (Å²) in [6.45, 7) is 5.84. The van der Waals surface area contributed by atoms with Gasteiger partial charge in [-0.2, -0.15) is 0 Å². The van der Waals surface area contributed by atoms with Crippen molar-refractivity contribution < 1.29 is 9.59 Å².